The molecule has 1 aromatic rings. The van der Waals surface area contributed by atoms with Crippen LogP contribution in [0.1, 0.15) is 5.56 Å². The van der Waals surface area contributed by atoms with E-state index in [1.807, 2.05) is 0 Å². The van der Waals surface area contributed by atoms with E-state index in [1.165, 1.54) is 7.11 Å². The molecular formula is C7H9N2O2+. The molecule has 0 saturated carbocycles. The maximum atomic E-state index is 9.99. The molecule has 0 saturated heterocycles. The van der Waals surface area contributed by atoms with Crippen molar-refractivity contribution in [1.82, 2.24) is 4.98 Å². The van der Waals surface area contributed by atoms with E-state index >= 15 is 0 Å². The highest BCUT2D eigenvalue weighted by molar-refractivity contribution is 5.19. The van der Waals surface area contributed by atoms with Gasteiger partial charge in [-0.05, 0) is 11.2 Å². The van der Waals surface area contributed by atoms with Gasteiger partial charge in [0.15, 0.2) is 0 Å². The van der Waals surface area contributed by atoms with Gasteiger partial charge in [-0.3, -0.25) is 0 Å². The van der Waals surface area contributed by atoms with Crippen LogP contribution >= 0.6 is 0 Å². The first-order valence-electron chi connectivity index (χ1n) is 3.20. The third-order valence-electron chi connectivity index (χ3n) is 1.28. The van der Waals surface area contributed by atoms with Gasteiger partial charge in [0, 0.05) is 22.7 Å². The Kier molecular flexibility index (Phi) is 2.54. The minimum atomic E-state index is 0.291. The monoisotopic (exact) mass is 153 g/mol. The molecule has 1 aromatic heterocycles. The van der Waals surface area contributed by atoms with Crippen molar-refractivity contribution < 1.29 is 9.91 Å². The van der Waals surface area contributed by atoms with Crippen molar-refractivity contribution in [3.05, 3.63) is 28.8 Å². The zero-order valence-corrected chi connectivity index (χ0v) is 6.20. The Labute approximate surface area is 64.2 Å². The normalized spacial score (nSPS) is 9.18. The van der Waals surface area contributed by atoms with Crippen LogP contribution in [0.5, 0.6) is 5.88 Å². The molecule has 1 N–H and O–H groups in total. The molecule has 0 aliphatic carbocycles. The molecule has 0 aromatic carbocycles. The average molecular weight is 153 g/mol. The molecule has 4 nitrogen and oxygen atoms in total. The van der Waals surface area contributed by atoms with Gasteiger partial charge in [-0.15, -0.1) is 0 Å². The molecule has 4 heteroatoms. The molecule has 0 bridgehead atoms. The van der Waals surface area contributed by atoms with E-state index in [9.17, 15) is 4.91 Å². The summed E-state index contributed by atoms with van der Waals surface area (Å²) in [7, 11) is 1.54. The standard InChI is InChI=1S/C7H8N2O2/c1-11-7-4-6(5-9-10)2-3-8-7/h2-4H,5H2,1H3/p+1. The third-order valence-corrected chi connectivity index (χ3v) is 1.28. The summed E-state index contributed by atoms with van der Waals surface area (Å²) >= 11 is 0. The van der Waals surface area contributed by atoms with Crippen molar-refractivity contribution >= 4 is 0 Å². The Bertz CT molecular complexity index is 250. The topological polar surface area (TPSA) is 53.2 Å². The van der Waals surface area contributed by atoms with E-state index in [-0.39, 0.29) is 0 Å². The number of pyridine rings is 1. The lowest BCUT2D eigenvalue weighted by atomic mass is 10.3. The fourth-order valence-corrected chi connectivity index (χ4v) is 0.755. The summed E-state index contributed by atoms with van der Waals surface area (Å²) < 4.78 is 4.86. The summed E-state index contributed by atoms with van der Waals surface area (Å²) in [5.74, 6) is 0.526. The van der Waals surface area contributed by atoms with Crippen molar-refractivity contribution in [3.8, 4) is 5.88 Å². The lowest BCUT2D eigenvalue weighted by Crippen LogP contribution is -2.61. The first-order valence-corrected chi connectivity index (χ1v) is 3.20. The van der Waals surface area contributed by atoms with Crippen LogP contribution in [0.2, 0.25) is 0 Å². The Morgan fingerprint density at radius 2 is 2.55 bits per heavy atom. The van der Waals surface area contributed by atoms with Gasteiger partial charge in [0.1, 0.15) is 0 Å². The Balaban J connectivity index is 2.82. The SMILES string of the molecule is COc1cc(C[NH+]=O)ccn1. The molecular weight excluding hydrogens is 144 g/mol. The molecule has 11 heavy (non-hydrogen) atoms. The van der Waals surface area contributed by atoms with E-state index < -0.39 is 0 Å². The van der Waals surface area contributed by atoms with Gasteiger partial charge < -0.3 is 4.74 Å². The van der Waals surface area contributed by atoms with Crippen LogP contribution in [0.25, 0.3) is 0 Å². The zero-order chi connectivity index (χ0) is 8.10. The van der Waals surface area contributed by atoms with Crippen LogP contribution in [0.15, 0.2) is 18.3 Å². The van der Waals surface area contributed by atoms with Crippen LogP contribution in [-0.2, 0) is 6.54 Å². The lowest BCUT2D eigenvalue weighted by molar-refractivity contribution is -0.498. The smallest absolute Gasteiger partial charge is 0.214 e. The highest BCUT2D eigenvalue weighted by Gasteiger charge is 1.98. The molecule has 0 atom stereocenters. The largest absolute Gasteiger partial charge is 0.481 e. The first-order chi connectivity index (χ1) is 5.36. The molecule has 0 aliphatic rings. The molecule has 1 heterocycles. The first kappa shape index (κ1) is 7.65. The molecule has 0 amide bonds. The van der Waals surface area contributed by atoms with E-state index in [2.05, 4.69) is 4.98 Å². The summed E-state index contributed by atoms with van der Waals surface area (Å²) in [6.45, 7) is 0.291. The van der Waals surface area contributed by atoms with E-state index in [0.29, 0.717) is 12.4 Å². The second-order valence-corrected chi connectivity index (χ2v) is 2.03. The Hall–Kier alpha value is -1.45. The Morgan fingerprint density at radius 3 is 3.18 bits per heavy atom. The number of methoxy groups -OCH3 is 1. The van der Waals surface area contributed by atoms with Crippen molar-refractivity contribution in [2.75, 3.05) is 7.11 Å². The fraction of sp³-hybridized carbons (Fsp3) is 0.286. The van der Waals surface area contributed by atoms with Crippen LogP contribution in [0.3, 0.4) is 0 Å². The summed E-state index contributed by atoms with van der Waals surface area (Å²) in [6, 6.07) is 3.47. The minimum absolute atomic E-state index is 0.291. The molecule has 0 fully saturated rings. The summed E-state index contributed by atoms with van der Waals surface area (Å²) in [5, 5.41) is 1.80. The quantitative estimate of drug-likeness (QED) is 0.633. The predicted molar refractivity (Wildman–Crippen MR) is 38.8 cm³/mol. The number of nitrogens with one attached hydrogen (secondary N) is 1. The van der Waals surface area contributed by atoms with Crippen LogP contribution in [0.4, 0.5) is 0 Å². The summed E-state index contributed by atoms with van der Waals surface area (Å²) in [6.07, 6.45) is 1.60. The fourth-order valence-electron chi connectivity index (χ4n) is 0.755. The molecule has 0 unspecified atom stereocenters. The molecule has 0 radical (unpaired) electrons. The molecule has 1 rings (SSSR count). The third kappa shape index (κ3) is 2.00. The van der Waals surface area contributed by atoms with Crippen LogP contribution in [0, 0.1) is 4.91 Å². The van der Waals surface area contributed by atoms with Gasteiger partial charge in [-0.1, -0.05) is 0 Å². The number of nitroso groups, excluding NO2 is 1. The summed E-state index contributed by atoms with van der Waals surface area (Å²) in [4.78, 5) is 13.9. The van der Waals surface area contributed by atoms with Gasteiger partial charge in [-0.2, -0.15) is 0 Å². The van der Waals surface area contributed by atoms with Crippen molar-refractivity contribution in [1.29, 1.82) is 0 Å². The number of rotatable bonds is 3. The molecule has 0 spiro atoms. The Morgan fingerprint density at radius 1 is 1.73 bits per heavy atom. The second kappa shape index (κ2) is 3.65. The van der Waals surface area contributed by atoms with Gasteiger partial charge in [0.25, 0.3) is 0 Å². The lowest BCUT2D eigenvalue weighted by Gasteiger charge is -1.96. The predicted octanol–water partition coefficient (Wildman–Crippen LogP) is -0.563. The number of hydrogen-bond acceptors (Lipinski definition) is 3. The number of aromatic nitrogens is 1. The molecule has 58 valence electrons. The van der Waals surface area contributed by atoms with Crippen LogP contribution < -0.4 is 9.91 Å². The minimum Gasteiger partial charge on any atom is -0.481 e. The van der Waals surface area contributed by atoms with E-state index in [4.69, 9.17) is 4.74 Å². The zero-order valence-electron chi connectivity index (χ0n) is 6.20. The number of hydrogen-bond donors (Lipinski definition) is 1. The van der Waals surface area contributed by atoms with Gasteiger partial charge in [-0.25, -0.2) is 4.98 Å². The number of ether oxygens (including phenoxy) is 1. The van der Waals surface area contributed by atoms with Gasteiger partial charge >= 0.3 is 0 Å². The second-order valence-electron chi connectivity index (χ2n) is 2.03. The summed E-state index contributed by atoms with van der Waals surface area (Å²) in [5.41, 5.74) is 0.867. The maximum absolute atomic E-state index is 9.99. The maximum Gasteiger partial charge on any atom is 0.214 e. The van der Waals surface area contributed by atoms with Crippen molar-refractivity contribution in [2.45, 2.75) is 6.54 Å². The average Bonchev–Trinajstić information content (AvgIpc) is 2.06. The van der Waals surface area contributed by atoms with Gasteiger partial charge in [0.05, 0.1) is 7.11 Å². The molecule has 0 aliphatic heterocycles. The van der Waals surface area contributed by atoms with Crippen molar-refractivity contribution in [3.63, 3.8) is 0 Å². The van der Waals surface area contributed by atoms with E-state index in [0.717, 1.165) is 5.56 Å². The highest BCUT2D eigenvalue weighted by atomic mass is 16.5. The van der Waals surface area contributed by atoms with Crippen LogP contribution in [-0.4, -0.2) is 12.1 Å². The van der Waals surface area contributed by atoms with E-state index in [1.54, 1.807) is 23.5 Å². The number of nitrogens with zero attached hydrogens (tertiary/aromatic N) is 1. The van der Waals surface area contributed by atoms with Gasteiger partial charge in [0.2, 0.25) is 12.4 Å². The highest BCUT2D eigenvalue weighted by Crippen LogP contribution is 2.06. The van der Waals surface area contributed by atoms with Crippen molar-refractivity contribution in [2.24, 2.45) is 0 Å².